The molecule has 1 amide bonds. The molecule has 1 fully saturated rings. The van der Waals surface area contributed by atoms with Crippen molar-refractivity contribution in [3.8, 4) is 0 Å². The predicted molar refractivity (Wildman–Crippen MR) is 85.2 cm³/mol. The van der Waals surface area contributed by atoms with Crippen molar-refractivity contribution in [2.45, 2.75) is 25.6 Å². The molecular weight excluding hydrogens is 315 g/mol. The van der Waals surface area contributed by atoms with E-state index < -0.39 is 5.82 Å². The normalized spacial score (nSPS) is 17.9. The molecule has 0 spiro atoms. The predicted octanol–water partition coefficient (Wildman–Crippen LogP) is 1.45. The highest BCUT2D eigenvalue weighted by molar-refractivity contribution is 7.99. The van der Waals surface area contributed by atoms with Crippen LogP contribution in [0, 0.1) is 5.82 Å². The summed E-state index contributed by atoms with van der Waals surface area (Å²) in [7, 11) is 0. The zero-order valence-corrected chi connectivity index (χ0v) is 13.2. The lowest BCUT2D eigenvalue weighted by atomic mass is 10.1. The van der Waals surface area contributed by atoms with Gasteiger partial charge in [-0.15, -0.1) is 12.4 Å². The third-order valence-electron chi connectivity index (χ3n) is 3.21. The Kier molecular flexibility index (Phi) is 8.03. The molecule has 0 saturated carbocycles. The molecule has 0 bridgehead atoms. The molecule has 7 heteroatoms. The van der Waals surface area contributed by atoms with Gasteiger partial charge < -0.3 is 15.7 Å². The highest BCUT2D eigenvalue weighted by Crippen LogP contribution is 2.12. The van der Waals surface area contributed by atoms with Crippen LogP contribution in [0.15, 0.2) is 18.2 Å². The van der Waals surface area contributed by atoms with Crippen LogP contribution in [-0.4, -0.2) is 35.1 Å². The van der Waals surface area contributed by atoms with Crippen LogP contribution in [0.4, 0.5) is 4.39 Å². The fourth-order valence-corrected chi connectivity index (χ4v) is 3.03. The summed E-state index contributed by atoms with van der Waals surface area (Å²) in [5.41, 5.74) is 0.961. The number of benzene rings is 1. The maximum absolute atomic E-state index is 13.5. The number of aliphatic hydroxyl groups is 1. The molecular formula is C14H20ClFN2O2S. The van der Waals surface area contributed by atoms with Gasteiger partial charge in [0.1, 0.15) is 5.82 Å². The lowest BCUT2D eigenvalue weighted by Crippen LogP contribution is -2.41. The zero-order chi connectivity index (χ0) is 14.4. The Labute approximate surface area is 134 Å². The summed E-state index contributed by atoms with van der Waals surface area (Å²) in [5.74, 6) is 1.57. The van der Waals surface area contributed by atoms with E-state index in [2.05, 4.69) is 10.6 Å². The number of hydrogen-bond acceptors (Lipinski definition) is 4. The van der Waals surface area contributed by atoms with Gasteiger partial charge in [0.2, 0.25) is 5.91 Å². The molecule has 1 saturated heterocycles. The lowest BCUT2D eigenvalue weighted by molar-refractivity contribution is -0.121. The summed E-state index contributed by atoms with van der Waals surface area (Å²) in [6, 6.07) is 4.82. The molecule has 0 aromatic heterocycles. The van der Waals surface area contributed by atoms with Crippen molar-refractivity contribution in [2.75, 3.05) is 18.1 Å². The molecule has 1 aromatic rings. The monoisotopic (exact) mass is 334 g/mol. The minimum absolute atomic E-state index is 0. The van der Waals surface area contributed by atoms with E-state index in [1.807, 2.05) is 11.8 Å². The molecule has 21 heavy (non-hydrogen) atoms. The van der Waals surface area contributed by atoms with E-state index >= 15 is 0 Å². The topological polar surface area (TPSA) is 61.4 Å². The SMILES string of the molecule is Cl.O=C(CC1CSCCN1)NCc1ccc(CO)c(F)c1. The fourth-order valence-electron chi connectivity index (χ4n) is 2.08. The molecule has 4 nitrogen and oxygen atoms in total. The number of carbonyl (C=O) groups is 1. The van der Waals surface area contributed by atoms with Crippen LogP contribution in [0.25, 0.3) is 0 Å². The second kappa shape index (κ2) is 9.25. The lowest BCUT2D eigenvalue weighted by Gasteiger charge is -2.22. The van der Waals surface area contributed by atoms with Crippen LogP contribution < -0.4 is 10.6 Å². The Morgan fingerprint density at radius 3 is 2.95 bits per heavy atom. The molecule has 1 aliphatic heterocycles. The highest BCUT2D eigenvalue weighted by Gasteiger charge is 2.16. The summed E-state index contributed by atoms with van der Waals surface area (Å²) in [6.45, 7) is 0.932. The van der Waals surface area contributed by atoms with Crippen molar-refractivity contribution in [1.82, 2.24) is 10.6 Å². The van der Waals surface area contributed by atoms with Crippen LogP contribution in [0.5, 0.6) is 0 Å². The Morgan fingerprint density at radius 2 is 2.33 bits per heavy atom. The third-order valence-corrected chi connectivity index (χ3v) is 4.34. The summed E-state index contributed by atoms with van der Waals surface area (Å²) < 4.78 is 13.5. The van der Waals surface area contributed by atoms with Gasteiger partial charge in [0.05, 0.1) is 6.61 Å². The number of aliphatic hydroxyl groups excluding tert-OH is 1. The number of halogens is 2. The summed E-state index contributed by atoms with van der Waals surface area (Å²) in [5, 5.41) is 15.0. The van der Waals surface area contributed by atoms with Gasteiger partial charge >= 0.3 is 0 Å². The molecule has 1 heterocycles. The van der Waals surface area contributed by atoms with Crippen molar-refractivity contribution in [1.29, 1.82) is 0 Å². The van der Waals surface area contributed by atoms with Crippen LogP contribution >= 0.6 is 24.2 Å². The number of nitrogens with one attached hydrogen (secondary N) is 2. The van der Waals surface area contributed by atoms with E-state index in [1.54, 1.807) is 6.07 Å². The maximum Gasteiger partial charge on any atom is 0.221 e. The quantitative estimate of drug-likeness (QED) is 0.763. The smallest absolute Gasteiger partial charge is 0.221 e. The van der Waals surface area contributed by atoms with Gasteiger partial charge in [0.25, 0.3) is 0 Å². The molecule has 0 aliphatic carbocycles. The molecule has 3 N–H and O–H groups in total. The van der Waals surface area contributed by atoms with Gasteiger partial charge in [0, 0.05) is 42.6 Å². The Hall–Kier alpha value is -0.820. The molecule has 2 rings (SSSR count). The minimum atomic E-state index is -0.440. The number of thioether (sulfide) groups is 1. The van der Waals surface area contributed by atoms with Crippen LogP contribution in [0.3, 0.4) is 0 Å². The van der Waals surface area contributed by atoms with Crippen LogP contribution in [0.2, 0.25) is 0 Å². The number of carbonyl (C=O) groups excluding carboxylic acids is 1. The fraction of sp³-hybridized carbons (Fsp3) is 0.500. The van der Waals surface area contributed by atoms with Gasteiger partial charge in [-0.25, -0.2) is 4.39 Å². The second-order valence-corrected chi connectivity index (χ2v) is 5.94. The molecule has 1 atom stereocenters. The summed E-state index contributed by atoms with van der Waals surface area (Å²) in [4.78, 5) is 11.8. The van der Waals surface area contributed by atoms with Crippen molar-refractivity contribution in [2.24, 2.45) is 0 Å². The van der Waals surface area contributed by atoms with Crippen LogP contribution in [-0.2, 0) is 17.9 Å². The van der Waals surface area contributed by atoms with Gasteiger partial charge in [-0.2, -0.15) is 11.8 Å². The maximum atomic E-state index is 13.5. The summed E-state index contributed by atoms with van der Waals surface area (Å²) >= 11 is 1.85. The number of amides is 1. The van der Waals surface area contributed by atoms with Crippen molar-refractivity contribution < 1.29 is 14.3 Å². The van der Waals surface area contributed by atoms with E-state index in [0.29, 0.717) is 18.5 Å². The first kappa shape index (κ1) is 18.2. The van der Waals surface area contributed by atoms with Crippen molar-refractivity contribution in [3.63, 3.8) is 0 Å². The first-order chi connectivity index (χ1) is 9.69. The first-order valence-electron chi connectivity index (χ1n) is 6.65. The Balaban J connectivity index is 0.00000220. The van der Waals surface area contributed by atoms with Crippen molar-refractivity contribution >= 4 is 30.1 Å². The summed E-state index contributed by atoms with van der Waals surface area (Å²) in [6.07, 6.45) is 0.449. The molecule has 1 unspecified atom stereocenters. The molecule has 118 valence electrons. The Bertz CT molecular complexity index is 470. The number of rotatable bonds is 5. The van der Waals surface area contributed by atoms with Gasteiger partial charge in [-0.05, 0) is 11.6 Å². The minimum Gasteiger partial charge on any atom is -0.392 e. The van der Waals surface area contributed by atoms with Gasteiger partial charge in [-0.1, -0.05) is 12.1 Å². The number of hydrogen-bond donors (Lipinski definition) is 3. The van der Waals surface area contributed by atoms with E-state index in [-0.39, 0.29) is 36.5 Å². The highest BCUT2D eigenvalue weighted by atomic mass is 35.5. The Morgan fingerprint density at radius 1 is 1.52 bits per heavy atom. The molecule has 1 aliphatic rings. The molecule has 0 radical (unpaired) electrons. The van der Waals surface area contributed by atoms with Crippen LogP contribution in [0.1, 0.15) is 17.5 Å². The average molecular weight is 335 g/mol. The van der Waals surface area contributed by atoms with E-state index in [4.69, 9.17) is 5.11 Å². The van der Waals surface area contributed by atoms with E-state index in [0.717, 1.165) is 18.1 Å². The first-order valence-corrected chi connectivity index (χ1v) is 7.80. The molecule has 1 aromatic carbocycles. The van der Waals surface area contributed by atoms with Gasteiger partial charge in [0.15, 0.2) is 0 Å². The second-order valence-electron chi connectivity index (χ2n) is 4.79. The standard InChI is InChI=1S/C14H19FN2O2S.ClH/c15-13-5-10(1-2-11(13)8-18)7-17-14(19)6-12-9-20-4-3-16-12;/h1-2,5,12,16,18H,3-4,6-9H2,(H,17,19);1H. The zero-order valence-electron chi connectivity index (χ0n) is 11.6. The third kappa shape index (κ3) is 5.82. The van der Waals surface area contributed by atoms with Crippen molar-refractivity contribution in [3.05, 3.63) is 35.1 Å². The van der Waals surface area contributed by atoms with E-state index in [1.165, 1.54) is 12.1 Å². The largest absolute Gasteiger partial charge is 0.392 e. The average Bonchev–Trinajstić information content (AvgIpc) is 2.46. The van der Waals surface area contributed by atoms with E-state index in [9.17, 15) is 9.18 Å². The van der Waals surface area contributed by atoms with Gasteiger partial charge in [-0.3, -0.25) is 4.79 Å².